The number of thiazole rings is 1. The van der Waals surface area contributed by atoms with Crippen molar-refractivity contribution in [3.8, 4) is 0 Å². The number of ether oxygens (including phenoxy) is 2. The standard InChI is InChI=1S/C79H119N11O15S.C5H12/c1-14-52(8)72(65(104-13)47-69(98)89-37-22-26-61(89)60(48-91)53(9)62(92)45-57(75-81-35-42-106-75)43-54-23-17-15-18-24-54)86(11)76(100)59(49(2)3)46-64(94)71(51(6)7)87(12)79(103)105-73(77(101)88-40-38-85(10)39-41-88)55-28-30-58(31-29-55)83-74(99)56(25-21-34-82-78(80)102)44-63(93)70(50(4)5)84-66(95)27-19-16-20-36-90-67(96)32-33-68(90)97;1-5(2,3)4/h15,17-18,23-24,28-31,35,42,49-53,56-57,59-61,65,70-73,91H,14,16,19-22,25-27,32-34,36-41,43-48H2,1-13H3,(H,83,99)(H,84,95)(H3,80,82,102);1-4H3/t52-,53+,56+,57+,59-,60+,61-,65+,70-,71-,72-,73?;/m0./s1. The molecule has 3 fully saturated rings. The van der Waals surface area contributed by atoms with Gasteiger partial charge < -0.3 is 60.8 Å². The third-order valence-corrected chi connectivity index (χ3v) is 22.6. The highest BCUT2D eigenvalue weighted by atomic mass is 32.1. The molecular formula is C84H131N11O15S. The number of Topliss-reactive ketones (excluding diaryl/α,β-unsaturated/α-hetero) is 3. The van der Waals surface area contributed by atoms with Crippen LogP contribution in [0.15, 0.2) is 66.2 Å². The van der Waals surface area contributed by atoms with Gasteiger partial charge in [-0.05, 0) is 98.8 Å². The van der Waals surface area contributed by atoms with Crippen LogP contribution in [0.1, 0.15) is 214 Å². The van der Waals surface area contributed by atoms with Crippen LogP contribution >= 0.6 is 11.3 Å². The van der Waals surface area contributed by atoms with Crippen molar-refractivity contribution in [2.75, 3.05) is 86.0 Å². The molecule has 2 aromatic carbocycles. The Morgan fingerprint density at radius 2 is 1.40 bits per heavy atom. The largest absolute Gasteiger partial charge is 0.431 e. The third-order valence-electron chi connectivity index (χ3n) is 21.7. The van der Waals surface area contributed by atoms with Crippen LogP contribution in [0.4, 0.5) is 15.3 Å². The van der Waals surface area contributed by atoms with E-state index in [9.17, 15) is 57.8 Å². The number of ketones is 3. The number of primary amides is 1. The molecule has 4 heterocycles. The number of likely N-dealkylation sites (N-methyl/N-ethyl adjacent to an activating group) is 3. The van der Waals surface area contributed by atoms with E-state index in [1.54, 1.807) is 67.8 Å². The van der Waals surface area contributed by atoms with Crippen molar-refractivity contribution in [1.29, 1.82) is 0 Å². The SMILES string of the molecule is CC(C)(C)C.CC[C@H](C)[C@@H]([C@@H](CC(=O)N1CCC[C@H]1[C@H](CO)[C@@H](C)C(=O)C[C@@H](Cc1ccccc1)c1nccs1)OC)N(C)C(=O)[C@@H](CC(=O)[C@H](C(C)C)N(C)C(=O)OC(C(=O)N1CCN(C)CC1)c1ccc(NC(=O)[C@H](CCCNC(N)=O)CC(=O)[C@@H](NC(=O)CCCCCN2C(=O)CCC2=O)C(C)C)cc1)C(C)C. The van der Waals surface area contributed by atoms with E-state index in [0.29, 0.717) is 89.6 Å². The first-order valence-electron chi connectivity index (χ1n) is 40.1. The van der Waals surface area contributed by atoms with Gasteiger partial charge in [-0.2, -0.15) is 0 Å². The summed E-state index contributed by atoms with van der Waals surface area (Å²) < 4.78 is 12.4. The maximum absolute atomic E-state index is 15.2. The molecule has 26 nitrogen and oxygen atoms in total. The van der Waals surface area contributed by atoms with Gasteiger partial charge in [-0.25, -0.2) is 14.6 Å². The predicted molar refractivity (Wildman–Crippen MR) is 429 cm³/mol. The monoisotopic (exact) mass is 1570 g/mol. The number of imide groups is 1. The van der Waals surface area contributed by atoms with Crippen molar-refractivity contribution in [2.45, 2.75) is 235 Å². The summed E-state index contributed by atoms with van der Waals surface area (Å²) in [5.41, 5.74) is 7.45. The minimum atomic E-state index is -1.51. The summed E-state index contributed by atoms with van der Waals surface area (Å²) in [6, 6.07) is 12.3. The first-order chi connectivity index (χ1) is 52.4. The second-order valence-corrected chi connectivity index (χ2v) is 34.3. The number of likely N-dealkylation sites (tertiary alicyclic amines) is 2. The number of benzene rings is 2. The lowest BCUT2D eigenvalue weighted by Crippen LogP contribution is -2.54. The Labute approximate surface area is 663 Å². The Morgan fingerprint density at radius 3 is 1.95 bits per heavy atom. The number of piperazine rings is 1. The fourth-order valence-corrected chi connectivity index (χ4v) is 15.9. The van der Waals surface area contributed by atoms with Gasteiger partial charge in [0.25, 0.3) is 5.91 Å². The average Bonchev–Trinajstić information content (AvgIpc) is 1.79. The van der Waals surface area contributed by atoms with E-state index in [-0.39, 0.29) is 147 Å². The number of hydrogen-bond donors (Lipinski definition) is 5. The molecule has 10 amide bonds. The molecule has 1 aromatic heterocycles. The quantitative estimate of drug-likeness (QED) is 0.0260. The number of rotatable bonds is 43. The molecule has 6 rings (SSSR count). The van der Waals surface area contributed by atoms with Crippen LogP contribution in [-0.4, -0.2) is 221 Å². The van der Waals surface area contributed by atoms with E-state index >= 15 is 4.79 Å². The van der Waals surface area contributed by atoms with Crippen LogP contribution in [0.2, 0.25) is 0 Å². The summed E-state index contributed by atoms with van der Waals surface area (Å²) >= 11 is 1.51. The number of nitrogens with two attached hydrogens (primary N) is 1. The molecule has 0 radical (unpaired) electrons. The summed E-state index contributed by atoms with van der Waals surface area (Å²) in [7, 11) is 6.54. The zero-order valence-corrected chi connectivity index (χ0v) is 70.1. The molecule has 3 aliphatic rings. The number of hydrogen-bond acceptors (Lipinski definition) is 18. The first-order valence-corrected chi connectivity index (χ1v) is 41.0. The highest BCUT2D eigenvalue weighted by Crippen LogP contribution is 2.36. The number of methoxy groups -OCH3 is 1. The van der Waals surface area contributed by atoms with Gasteiger partial charge in [0.1, 0.15) is 5.78 Å². The minimum absolute atomic E-state index is 0.0108. The fourth-order valence-electron chi connectivity index (χ4n) is 15.1. The second-order valence-electron chi connectivity index (χ2n) is 33.3. The lowest BCUT2D eigenvalue weighted by atomic mass is 9.80. The molecule has 111 heavy (non-hydrogen) atoms. The summed E-state index contributed by atoms with van der Waals surface area (Å²) in [5, 5.41) is 22.0. The van der Waals surface area contributed by atoms with Crippen molar-refractivity contribution in [1.82, 2.24) is 45.0 Å². The molecular weight excluding hydrogens is 1440 g/mol. The van der Waals surface area contributed by atoms with Crippen molar-refractivity contribution in [2.24, 2.45) is 58.5 Å². The zero-order chi connectivity index (χ0) is 82.6. The van der Waals surface area contributed by atoms with Crippen molar-refractivity contribution in [3.05, 3.63) is 82.3 Å². The van der Waals surface area contributed by atoms with E-state index in [2.05, 4.69) is 53.5 Å². The van der Waals surface area contributed by atoms with E-state index in [1.807, 2.05) is 77.4 Å². The number of nitrogens with zero attached hydrogens (tertiary/aromatic N) is 7. The molecule has 3 aromatic rings. The van der Waals surface area contributed by atoms with Crippen LogP contribution in [0.3, 0.4) is 0 Å². The molecule has 0 aliphatic carbocycles. The van der Waals surface area contributed by atoms with Gasteiger partial charge in [-0.15, -0.1) is 11.3 Å². The highest BCUT2D eigenvalue weighted by Gasteiger charge is 2.45. The van der Waals surface area contributed by atoms with E-state index in [4.69, 9.17) is 15.2 Å². The zero-order valence-electron chi connectivity index (χ0n) is 69.3. The van der Waals surface area contributed by atoms with Gasteiger partial charge in [-0.1, -0.05) is 145 Å². The molecule has 3 aliphatic heterocycles. The number of aromatic nitrogens is 1. The van der Waals surface area contributed by atoms with Crippen molar-refractivity contribution in [3.63, 3.8) is 0 Å². The summed E-state index contributed by atoms with van der Waals surface area (Å²) in [4.78, 5) is 180. The number of amides is 10. The summed E-state index contributed by atoms with van der Waals surface area (Å²) in [5.74, 6) is -7.62. The first kappa shape index (κ1) is 93.6. The fraction of sp³-hybridized carbons (Fsp3) is 0.679. The van der Waals surface area contributed by atoms with E-state index < -0.39 is 95.7 Å². The summed E-state index contributed by atoms with van der Waals surface area (Å²) in [6.45, 7) is 27.7. The number of carbonyl (C=O) groups is 12. The van der Waals surface area contributed by atoms with Crippen LogP contribution in [0, 0.1) is 52.8 Å². The molecule has 0 bridgehead atoms. The smallest absolute Gasteiger partial charge is 0.411 e. The Hall–Kier alpha value is -8.01. The molecule has 3 saturated heterocycles. The molecule has 1 unspecified atom stereocenters. The summed E-state index contributed by atoms with van der Waals surface area (Å²) in [6.07, 6.45) is 3.15. The maximum atomic E-state index is 15.2. The second kappa shape index (κ2) is 45.6. The number of urea groups is 1. The molecule has 6 N–H and O–H groups in total. The molecule has 0 spiro atoms. The Balaban J connectivity index is 0.00000426. The van der Waals surface area contributed by atoms with Gasteiger partial charge in [-0.3, -0.25) is 52.8 Å². The minimum Gasteiger partial charge on any atom is -0.431 e. The van der Waals surface area contributed by atoms with Crippen LogP contribution in [-0.2, 0) is 63.8 Å². The highest BCUT2D eigenvalue weighted by molar-refractivity contribution is 7.09. The van der Waals surface area contributed by atoms with Gasteiger partial charge in [0, 0.05) is 171 Å². The van der Waals surface area contributed by atoms with Gasteiger partial charge in [0.2, 0.25) is 41.5 Å². The number of aliphatic hydroxyl groups excluding tert-OH is 1. The molecule has 12 atom stereocenters. The molecule has 0 saturated carbocycles. The van der Waals surface area contributed by atoms with Crippen LogP contribution < -0.4 is 21.7 Å². The number of carbonyl (C=O) groups excluding carboxylic acids is 12. The van der Waals surface area contributed by atoms with Gasteiger partial charge >= 0.3 is 12.1 Å². The molecule has 618 valence electrons. The van der Waals surface area contributed by atoms with Crippen molar-refractivity contribution >= 4 is 87.8 Å². The molecule has 27 heteroatoms. The Bertz CT molecular complexity index is 3490. The number of anilines is 1. The third kappa shape index (κ3) is 29.2. The lowest BCUT2D eigenvalue weighted by Gasteiger charge is -2.41. The normalized spacial score (nSPS) is 17.8. The number of nitrogens with one attached hydrogen (secondary N) is 3. The van der Waals surface area contributed by atoms with Gasteiger partial charge in [0.05, 0.1) is 35.7 Å². The van der Waals surface area contributed by atoms with Crippen LogP contribution in [0.5, 0.6) is 0 Å². The van der Waals surface area contributed by atoms with Crippen molar-refractivity contribution < 1.29 is 72.1 Å². The van der Waals surface area contributed by atoms with E-state index in [1.165, 1.54) is 47.4 Å². The average molecular weight is 1570 g/mol. The van der Waals surface area contributed by atoms with E-state index in [0.717, 1.165) is 10.6 Å². The Morgan fingerprint density at radius 1 is 0.757 bits per heavy atom. The predicted octanol–water partition coefficient (Wildman–Crippen LogP) is 10.6. The maximum Gasteiger partial charge on any atom is 0.411 e. The Kier molecular flexibility index (Phi) is 38.5. The lowest BCUT2D eigenvalue weighted by molar-refractivity contribution is -0.148. The number of unbranched alkanes of at least 4 members (excludes halogenated alkanes) is 2. The number of aliphatic hydroxyl groups is 1. The topological polar surface area (TPSA) is 338 Å². The van der Waals surface area contributed by atoms with Crippen LogP contribution in [0.25, 0.3) is 0 Å². The van der Waals surface area contributed by atoms with Gasteiger partial charge in [0.15, 0.2) is 11.6 Å².